The molecule has 0 saturated heterocycles. The Balaban J connectivity index is 2.19. The van der Waals surface area contributed by atoms with E-state index >= 15 is 0 Å². The maximum Gasteiger partial charge on any atom is 0.308 e. The summed E-state index contributed by atoms with van der Waals surface area (Å²) in [4.78, 5) is 24.1. The van der Waals surface area contributed by atoms with Gasteiger partial charge in [0.1, 0.15) is 11.3 Å². The summed E-state index contributed by atoms with van der Waals surface area (Å²) < 4.78 is 16.0. The van der Waals surface area contributed by atoms with Crippen LogP contribution in [0, 0.1) is 0 Å². The lowest BCUT2D eigenvalue weighted by atomic mass is 10.1. The number of carbonyl (C=O) groups is 2. The van der Waals surface area contributed by atoms with Crippen molar-refractivity contribution in [3.63, 3.8) is 0 Å². The minimum Gasteiger partial charge on any atom is -0.497 e. The molecule has 1 aromatic heterocycles. The van der Waals surface area contributed by atoms with Crippen molar-refractivity contribution < 1.29 is 23.5 Å². The molecule has 0 saturated carbocycles. The molecule has 116 valence electrons. The second-order valence-electron chi connectivity index (χ2n) is 4.91. The Labute approximate surface area is 132 Å². The third-order valence-electron chi connectivity index (χ3n) is 3.34. The first-order chi connectivity index (χ1) is 11.1. The van der Waals surface area contributed by atoms with Gasteiger partial charge in [-0.15, -0.1) is 0 Å². The predicted octanol–water partition coefficient (Wildman–Crippen LogP) is 3.60. The molecule has 0 spiro atoms. The summed E-state index contributed by atoms with van der Waals surface area (Å²) in [6.07, 6.45) is 0. The molecular formula is C18H14O5. The maximum atomic E-state index is 12.7. The minimum absolute atomic E-state index is 0.00495. The Bertz CT molecular complexity index is 877. The third kappa shape index (κ3) is 2.81. The van der Waals surface area contributed by atoms with Gasteiger partial charge in [-0.25, -0.2) is 0 Å². The summed E-state index contributed by atoms with van der Waals surface area (Å²) in [7, 11) is 1.53. The first-order valence-corrected chi connectivity index (χ1v) is 6.99. The number of hydrogen-bond acceptors (Lipinski definition) is 5. The van der Waals surface area contributed by atoms with Gasteiger partial charge in [-0.3, -0.25) is 9.59 Å². The molecule has 0 unspecified atom stereocenters. The lowest BCUT2D eigenvalue weighted by molar-refractivity contribution is -0.131. The SMILES string of the molecule is COc1ccc2oc(C(=O)c3ccccc3)c(OC(C)=O)c2c1. The molecule has 5 nitrogen and oxygen atoms in total. The van der Waals surface area contributed by atoms with E-state index in [1.807, 2.05) is 6.07 Å². The molecule has 0 aliphatic carbocycles. The van der Waals surface area contributed by atoms with Gasteiger partial charge >= 0.3 is 5.97 Å². The van der Waals surface area contributed by atoms with E-state index in [9.17, 15) is 9.59 Å². The Morgan fingerprint density at radius 1 is 1.04 bits per heavy atom. The molecule has 3 rings (SSSR count). The van der Waals surface area contributed by atoms with Crippen molar-refractivity contribution in [1.29, 1.82) is 0 Å². The number of ether oxygens (including phenoxy) is 2. The van der Waals surface area contributed by atoms with Crippen LogP contribution < -0.4 is 9.47 Å². The van der Waals surface area contributed by atoms with Crippen molar-refractivity contribution in [2.75, 3.05) is 7.11 Å². The van der Waals surface area contributed by atoms with E-state index in [2.05, 4.69) is 0 Å². The molecule has 0 radical (unpaired) electrons. The zero-order chi connectivity index (χ0) is 16.4. The van der Waals surface area contributed by atoms with Gasteiger partial charge in [-0.1, -0.05) is 30.3 Å². The molecule has 0 bridgehead atoms. The monoisotopic (exact) mass is 310 g/mol. The second kappa shape index (κ2) is 5.96. The largest absolute Gasteiger partial charge is 0.497 e. The molecule has 0 aliphatic rings. The van der Waals surface area contributed by atoms with Crippen LogP contribution >= 0.6 is 0 Å². The molecule has 3 aromatic rings. The smallest absolute Gasteiger partial charge is 0.308 e. The first kappa shape index (κ1) is 14.8. The van der Waals surface area contributed by atoms with Crippen molar-refractivity contribution in [2.45, 2.75) is 6.92 Å². The van der Waals surface area contributed by atoms with Crippen LogP contribution in [-0.4, -0.2) is 18.9 Å². The number of hydrogen-bond donors (Lipinski definition) is 0. The molecule has 23 heavy (non-hydrogen) atoms. The van der Waals surface area contributed by atoms with Gasteiger partial charge in [0.15, 0.2) is 5.75 Å². The van der Waals surface area contributed by atoms with Gasteiger partial charge in [-0.2, -0.15) is 0 Å². The molecule has 1 heterocycles. The van der Waals surface area contributed by atoms with Crippen LogP contribution in [0.5, 0.6) is 11.5 Å². The van der Waals surface area contributed by atoms with Gasteiger partial charge in [0.2, 0.25) is 11.5 Å². The zero-order valence-corrected chi connectivity index (χ0v) is 12.7. The quantitative estimate of drug-likeness (QED) is 0.544. The number of fused-ring (bicyclic) bond motifs is 1. The second-order valence-corrected chi connectivity index (χ2v) is 4.91. The van der Waals surface area contributed by atoms with Gasteiger partial charge < -0.3 is 13.9 Å². The van der Waals surface area contributed by atoms with Crippen LogP contribution in [0.1, 0.15) is 23.0 Å². The highest BCUT2D eigenvalue weighted by Gasteiger charge is 2.24. The third-order valence-corrected chi connectivity index (χ3v) is 3.34. The summed E-state index contributed by atoms with van der Waals surface area (Å²) >= 11 is 0. The van der Waals surface area contributed by atoms with Gasteiger partial charge in [0.05, 0.1) is 12.5 Å². The van der Waals surface area contributed by atoms with E-state index in [0.717, 1.165) is 0 Å². The van der Waals surface area contributed by atoms with Crippen molar-refractivity contribution in [3.8, 4) is 11.5 Å². The van der Waals surface area contributed by atoms with Gasteiger partial charge in [0, 0.05) is 12.5 Å². The Morgan fingerprint density at radius 2 is 1.78 bits per heavy atom. The van der Waals surface area contributed by atoms with Crippen molar-refractivity contribution in [3.05, 3.63) is 59.9 Å². The van der Waals surface area contributed by atoms with E-state index in [0.29, 0.717) is 22.3 Å². The fourth-order valence-corrected chi connectivity index (χ4v) is 2.30. The molecular weight excluding hydrogens is 296 g/mol. The Kier molecular flexibility index (Phi) is 3.85. The molecule has 0 atom stereocenters. The van der Waals surface area contributed by atoms with E-state index in [1.54, 1.807) is 42.5 Å². The normalized spacial score (nSPS) is 10.5. The van der Waals surface area contributed by atoms with E-state index in [4.69, 9.17) is 13.9 Å². The van der Waals surface area contributed by atoms with Crippen molar-refractivity contribution in [2.24, 2.45) is 0 Å². The summed E-state index contributed by atoms with van der Waals surface area (Å²) in [6.45, 7) is 1.27. The topological polar surface area (TPSA) is 65.7 Å². The highest BCUT2D eigenvalue weighted by molar-refractivity contribution is 6.12. The number of esters is 1. The lowest BCUT2D eigenvalue weighted by Gasteiger charge is -2.03. The van der Waals surface area contributed by atoms with Crippen LogP contribution in [-0.2, 0) is 4.79 Å². The van der Waals surface area contributed by atoms with Crippen LogP contribution in [0.25, 0.3) is 11.0 Å². The molecule has 0 amide bonds. The Morgan fingerprint density at radius 3 is 2.43 bits per heavy atom. The average molecular weight is 310 g/mol. The van der Waals surface area contributed by atoms with Crippen LogP contribution in [0.4, 0.5) is 0 Å². The number of carbonyl (C=O) groups excluding carboxylic acids is 2. The highest BCUT2D eigenvalue weighted by atomic mass is 16.5. The average Bonchev–Trinajstić information content (AvgIpc) is 2.92. The molecule has 0 aliphatic heterocycles. The minimum atomic E-state index is -0.530. The fourth-order valence-electron chi connectivity index (χ4n) is 2.30. The molecule has 0 N–H and O–H groups in total. The van der Waals surface area contributed by atoms with Gasteiger partial charge in [-0.05, 0) is 18.2 Å². The van der Waals surface area contributed by atoms with Crippen LogP contribution in [0.15, 0.2) is 52.9 Å². The number of methoxy groups -OCH3 is 1. The summed E-state index contributed by atoms with van der Waals surface area (Å²) in [5.41, 5.74) is 0.897. The van der Waals surface area contributed by atoms with Crippen molar-refractivity contribution >= 4 is 22.7 Å². The fraction of sp³-hybridized carbons (Fsp3) is 0.111. The van der Waals surface area contributed by atoms with E-state index in [1.165, 1.54) is 14.0 Å². The lowest BCUT2D eigenvalue weighted by Crippen LogP contribution is -2.07. The predicted molar refractivity (Wildman–Crippen MR) is 83.9 cm³/mol. The number of benzene rings is 2. The zero-order valence-electron chi connectivity index (χ0n) is 12.7. The molecule has 2 aromatic carbocycles. The summed E-state index contributed by atoms with van der Waals surface area (Å²) in [5.74, 6) is -0.199. The maximum absolute atomic E-state index is 12.7. The molecule has 0 fully saturated rings. The van der Waals surface area contributed by atoms with Gasteiger partial charge in [0.25, 0.3) is 0 Å². The number of furan rings is 1. The highest BCUT2D eigenvalue weighted by Crippen LogP contribution is 2.36. The van der Waals surface area contributed by atoms with E-state index < -0.39 is 5.97 Å². The van der Waals surface area contributed by atoms with Crippen LogP contribution in [0.2, 0.25) is 0 Å². The summed E-state index contributed by atoms with van der Waals surface area (Å²) in [5, 5.41) is 0.513. The number of rotatable bonds is 4. The summed E-state index contributed by atoms with van der Waals surface area (Å²) in [6, 6.07) is 13.7. The Hall–Kier alpha value is -3.08. The number of ketones is 1. The standard InChI is InChI=1S/C18H14O5/c1-11(19)22-17-14-10-13(21-2)8-9-15(14)23-18(17)16(20)12-6-4-3-5-7-12/h3-10H,1-2H3. The first-order valence-electron chi connectivity index (χ1n) is 6.99. The molecule has 5 heteroatoms. The van der Waals surface area contributed by atoms with Crippen LogP contribution in [0.3, 0.4) is 0 Å². The van der Waals surface area contributed by atoms with Crippen molar-refractivity contribution in [1.82, 2.24) is 0 Å². The van der Waals surface area contributed by atoms with E-state index in [-0.39, 0.29) is 17.3 Å².